The van der Waals surface area contributed by atoms with Crippen LogP contribution < -0.4 is 10.6 Å². The van der Waals surface area contributed by atoms with Crippen molar-refractivity contribution in [2.24, 2.45) is 0 Å². The number of hydrogen-bond donors (Lipinski definition) is 2. The van der Waals surface area contributed by atoms with Crippen molar-refractivity contribution in [2.45, 2.75) is 52.6 Å². The van der Waals surface area contributed by atoms with Crippen LogP contribution in [0.4, 0.5) is 0 Å². The second kappa shape index (κ2) is 5.95. The molecule has 18 heavy (non-hydrogen) atoms. The zero-order valence-electron chi connectivity index (χ0n) is 11.7. The van der Waals surface area contributed by atoms with E-state index in [0.29, 0.717) is 24.7 Å². The summed E-state index contributed by atoms with van der Waals surface area (Å²) >= 11 is 0. The molecule has 1 unspecified atom stereocenters. The predicted octanol–water partition coefficient (Wildman–Crippen LogP) is 0.813. The standard InChI is InChI=1S/C12H22N4O2/c1-8(11(17)15-12(3,4)5)13-7-6-10-14-9(2)18-16-10/h8,13H,6-7H2,1-5H3,(H,15,17). The Morgan fingerprint density at radius 1 is 1.44 bits per heavy atom. The first-order chi connectivity index (χ1) is 8.28. The Kier molecular flexibility index (Phi) is 4.84. The number of nitrogens with zero attached hydrogens (tertiary/aromatic N) is 2. The van der Waals surface area contributed by atoms with Gasteiger partial charge in [0.15, 0.2) is 5.82 Å². The molecule has 0 bridgehead atoms. The molecule has 0 radical (unpaired) electrons. The monoisotopic (exact) mass is 254 g/mol. The van der Waals surface area contributed by atoms with Crippen molar-refractivity contribution in [3.63, 3.8) is 0 Å². The maximum atomic E-state index is 11.8. The van der Waals surface area contributed by atoms with Gasteiger partial charge in [-0.15, -0.1) is 0 Å². The molecule has 0 fully saturated rings. The Balaban J connectivity index is 2.28. The summed E-state index contributed by atoms with van der Waals surface area (Å²) in [5.41, 5.74) is -0.211. The second-order valence-corrected chi connectivity index (χ2v) is 5.39. The molecule has 0 spiro atoms. The van der Waals surface area contributed by atoms with Crippen molar-refractivity contribution in [3.8, 4) is 0 Å². The molecule has 2 N–H and O–H groups in total. The molecule has 1 rings (SSSR count). The molecule has 0 aromatic carbocycles. The molecule has 0 aliphatic heterocycles. The zero-order valence-corrected chi connectivity index (χ0v) is 11.7. The second-order valence-electron chi connectivity index (χ2n) is 5.39. The summed E-state index contributed by atoms with van der Waals surface area (Å²) in [6.45, 7) is 10.1. The molecule has 0 aliphatic carbocycles. The van der Waals surface area contributed by atoms with Gasteiger partial charge in [0.05, 0.1) is 6.04 Å². The van der Waals surface area contributed by atoms with Gasteiger partial charge in [0.1, 0.15) is 0 Å². The van der Waals surface area contributed by atoms with Gasteiger partial charge in [0.2, 0.25) is 11.8 Å². The van der Waals surface area contributed by atoms with E-state index in [4.69, 9.17) is 4.52 Å². The van der Waals surface area contributed by atoms with Gasteiger partial charge in [0, 0.05) is 25.4 Å². The summed E-state index contributed by atoms with van der Waals surface area (Å²) in [7, 11) is 0. The Hall–Kier alpha value is -1.43. The minimum atomic E-state index is -0.239. The highest BCUT2D eigenvalue weighted by Gasteiger charge is 2.18. The number of carbonyl (C=O) groups is 1. The fraction of sp³-hybridized carbons (Fsp3) is 0.750. The molecule has 0 saturated heterocycles. The van der Waals surface area contributed by atoms with E-state index in [9.17, 15) is 4.79 Å². The van der Waals surface area contributed by atoms with Gasteiger partial charge in [-0.25, -0.2) is 0 Å². The molecular formula is C12H22N4O2. The van der Waals surface area contributed by atoms with Crippen molar-refractivity contribution < 1.29 is 9.32 Å². The zero-order chi connectivity index (χ0) is 13.8. The average Bonchev–Trinajstić information content (AvgIpc) is 2.61. The molecule has 1 heterocycles. The molecule has 6 nitrogen and oxygen atoms in total. The lowest BCUT2D eigenvalue weighted by atomic mass is 10.1. The van der Waals surface area contributed by atoms with Crippen molar-refractivity contribution >= 4 is 5.91 Å². The van der Waals surface area contributed by atoms with E-state index in [1.807, 2.05) is 27.7 Å². The van der Waals surface area contributed by atoms with Gasteiger partial charge in [-0.3, -0.25) is 4.79 Å². The van der Waals surface area contributed by atoms with Crippen LogP contribution >= 0.6 is 0 Å². The summed E-state index contributed by atoms with van der Waals surface area (Å²) in [5, 5.41) is 9.84. The van der Waals surface area contributed by atoms with Crippen LogP contribution in [0.2, 0.25) is 0 Å². The molecule has 0 aliphatic rings. The highest BCUT2D eigenvalue weighted by molar-refractivity contribution is 5.81. The van der Waals surface area contributed by atoms with Gasteiger partial charge in [-0.1, -0.05) is 5.16 Å². The lowest BCUT2D eigenvalue weighted by Crippen LogP contribution is -2.49. The van der Waals surface area contributed by atoms with E-state index in [0.717, 1.165) is 0 Å². The highest BCUT2D eigenvalue weighted by atomic mass is 16.5. The van der Waals surface area contributed by atoms with Crippen LogP contribution in [-0.2, 0) is 11.2 Å². The Morgan fingerprint density at radius 3 is 2.61 bits per heavy atom. The lowest BCUT2D eigenvalue weighted by molar-refractivity contribution is -0.124. The van der Waals surface area contributed by atoms with E-state index >= 15 is 0 Å². The first-order valence-corrected chi connectivity index (χ1v) is 6.12. The summed E-state index contributed by atoms with van der Waals surface area (Å²) < 4.78 is 4.87. The van der Waals surface area contributed by atoms with E-state index in [-0.39, 0.29) is 17.5 Å². The number of rotatable bonds is 5. The number of nitrogens with one attached hydrogen (secondary N) is 2. The van der Waals surface area contributed by atoms with Crippen molar-refractivity contribution in [1.29, 1.82) is 0 Å². The normalized spacial score (nSPS) is 13.4. The van der Waals surface area contributed by atoms with Crippen LogP contribution in [0.5, 0.6) is 0 Å². The minimum absolute atomic E-state index is 0.00760. The molecule has 0 saturated carbocycles. The van der Waals surface area contributed by atoms with Crippen LogP contribution in [0.25, 0.3) is 0 Å². The topological polar surface area (TPSA) is 80.0 Å². The molecule has 1 amide bonds. The third kappa shape index (κ3) is 5.27. The van der Waals surface area contributed by atoms with Crippen LogP contribution in [-0.4, -0.2) is 34.2 Å². The maximum Gasteiger partial charge on any atom is 0.237 e. The molecule has 1 aromatic heterocycles. The Labute approximate surface area is 108 Å². The van der Waals surface area contributed by atoms with Crippen molar-refractivity contribution in [3.05, 3.63) is 11.7 Å². The molecule has 1 atom stereocenters. The van der Waals surface area contributed by atoms with Gasteiger partial charge >= 0.3 is 0 Å². The van der Waals surface area contributed by atoms with Crippen molar-refractivity contribution in [2.75, 3.05) is 6.54 Å². The van der Waals surface area contributed by atoms with E-state index < -0.39 is 0 Å². The number of aromatic nitrogens is 2. The fourth-order valence-corrected chi connectivity index (χ4v) is 1.41. The van der Waals surface area contributed by atoms with Crippen LogP contribution in [0, 0.1) is 6.92 Å². The molecule has 102 valence electrons. The largest absolute Gasteiger partial charge is 0.350 e. The highest BCUT2D eigenvalue weighted by Crippen LogP contribution is 1.99. The third-order valence-corrected chi connectivity index (χ3v) is 2.26. The van der Waals surface area contributed by atoms with E-state index in [1.165, 1.54) is 0 Å². The van der Waals surface area contributed by atoms with Gasteiger partial charge < -0.3 is 15.2 Å². The van der Waals surface area contributed by atoms with Crippen LogP contribution in [0.3, 0.4) is 0 Å². The Bertz CT molecular complexity index is 395. The van der Waals surface area contributed by atoms with Crippen LogP contribution in [0.1, 0.15) is 39.4 Å². The molecule has 6 heteroatoms. The summed E-state index contributed by atoms with van der Waals surface area (Å²) in [5.74, 6) is 1.21. The SMILES string of the molecule is Cc1nc(CCNC(C)C(=O)NC(C)(C)C)no1. The molecule has 1 aromatic rings. The number of amides is 1. The first kappa shape index (κ1) is 14.6. The average molecular weight is 254 g/mol. The lowest BCUT2D eigenvalue weighted by Gasteiger charge is -2.23. The number of aryl methyl sites for hydroxylation is 1. The summed E-state index contributed by atoms with van der Waals surface area (Å²) in [4.78, 5) is 15.9. The Morgan fingerprint density at radius 2 is 2.11 bits per heavy atom. The van der Waals surface area contributed by atoms with Gasteiger partial charge in [-0.2, -0.15) is 4.98 Å². The predicted molar refractivity (Wildman–Crippen MR) is 68.1 cm³/mol. The van der Waals surface area contributed by atoms with E-state index in [2.05, 4.69) is 20.8 Å². The van der Waals surface area contributed by atoms with E-state index in [1.54, 1.807) is 6.92 Å². The minimum Gasteiger partial charge on any atom is -0.350 e. The number of hydrogen-bond acceptors (Lipinski definition) is 5. The fourth-order valence-electron chi connectivity index (χ4n) is 1.41. The quantitative estimate of drug-likeness (QED) is 0.813. The third-order valence-electron chi connectivity index (χ3n) is 2.26. The number of carbonyl (C=O) groups excluding carboxylic acids is 1. The van der Waals surface area contributed by atoms with Crippen LogP contribution in [0.15, 0.2) is 4.52 Å². The summed E-state index contributed by atoms with van der Waals surface area (Å²) in [6, 6.07) is -0.239. The summed E-state index contributed by atoms with van der Waals surface area (Å²) in [6.07, 6.45) is 0.643. The van der Waals surface area contributed by atoms with Gasteiger partial charge in [-0.05, 0) is 27.7 Å². The van der Waals surface area contributed by atoms with Gasteiger partial charge in [0.25, 0.3) is 0 Å². The smallest absolute Gasteiger partial charge is 0.237 e. The molecular weight excluding hydrogens is 232 g/mol. The van der Waals surface area contributed by atoms with Crippen molar-refractivity contribution in [1.82, 2.24) is 20.8 Å². The first-order valence-electron chi connectivity index (χ1n) is 6.12. The maximum absolute atomic E-state index is 11.8.